The van der Waals surface area contributed by atoms with E-state index in [2.05, 4.69) is 5.32 Å². The van der Waals surface area contributed by atoms with Crippen LogP contribution in [-0.4, -0.2) is 37.4 Å². The highest BCUT2D eigenvalue weighted by atomic mass is 16.2. The van der Waals surface area contributed by atoms with Gasteiger partial charge < -0.3 is 10.2 Å². The fourth-order valence-corrected chi connectivity index (χ4v) is 0.576. The normalized spacial score (nSPS) is 9.75. The van der Waals surface area contributed by atoms with E-state index in [0.717, 1.165) is 0 Å². The van der Waals surface area contributed by atoms with E-state index in [0.29, 0.717) is 12.5 Å². The number of nitrogens with zero attached hydrogens (tertiary/aromatic N) is 1. The van der Waals surface area contributed by atoms with Crippen LogP contribution in [0.2, 0.25) is 0 Å². The Bertz CT molecular complexity index is 176. The first-order valence-electron chi connectivity index (χ1n) is 3.94. The van der Waals surface area contributed by atoms with Gasteiger partial charge in [0.2, 0.25) is 0 Å². The molecule has 4 heteroatoms. The third-order valence-electron chi connectivity index (χ3n) is 1.27. The van der Waals surface area contributed by atoms with E-state index >= 15 is 0 Å². The van der Waals surface area contributed by atoms with Gasteiger partial charge in [0.05, 0.1) is 0 Å². The topological polar surface area (TPSA) is 49.4 Å². The minimum Gasteiger partial charge on any atom is -0.348 e. The number of carbonyl (C=O) groups is 2. The average Bonchev–Trinajstić information content (AvgIpc) is 1.98. The van der Waals surface area contributed by atoms with Crippen LogP contribution in [0, 0.1) is 5.92 Å². The molecule has 0 bridgehead atoms. The van der Waals surface area contributed by atoms with Crippen LogP contribution in [0.15, 0.2) is 0 Å². The molecule has 70 valence electrons. The maximum absolute atomic E-state index is 11.0. The predicted molar refractivity (Wildman–Crippen MR) is 46.5 cm³/mol. The highest BCUT2D eigenvalue weighted by molar-refractivity contribution is 6.34. The molecule has 4 nitrogen and oxygen atoms in total. The zero-order chi connectivity index (χ0) is 9.72. The summed E-state index contributed by atoms with van der Waals surface area (Å²) >= 11 is 0. The molecule has 0 fully saturated rings. The van der Waals surface area contributed by atoms with Crippen LogP contribution in [0.25, 0.3) is 0 Å². The molecule has 0 rings (SSSR count). The van der Waals surface area contributed by atoms with Gasteiger partial charge in [-0.2, -0.15) is 0 Å². The lowest BCUT2D eigenvalue weighted by molar-refractivity contribution is -0.144. The standard InChI is InChI=1S/C8H16N2O2/c1-6(2)5-9-7(11)8(12)10(3)4/h6H,5H2,1-4H3,(H,9,11). The van der Waals surface area contributed by atoms with E-state index in [1.54, 1.807) is 14.1 Å². The molecular formula is C8H16N2O2. The smallest absolute Gasteiger partial charge is 0.311 e. The Morgan fingerprint density at radius 2 is 1.83 bits per heavy atom. The zero-order valence-corrected chi connectivity index (χ0v) is 8.05. The predicted octanol–water partition coefficient (Wildman–Crippen LogP) is -0.153. The maximum atomic E-state index is 11.0. The largest absolute Gasteiger partial charge is 0.348 e. The Balaban J connectivity index is 3.81. The monoisotopic (exact) mass is 172 g/mol. The number of amides is 2. The Hall–Kier alpha value is -1.06. The second-order valence-corrected chi connectivity index (χ2v) is 3.30. The molecule has 0 unspecified atom stereocenters. The Labute approximate surface area is 72.9 Å². The Morgan fingerprint density at radius 1 is 1.33 bits per heavy atom. The quantitative estimate of drug-likeness (QED) is 0.589. The van der Waals surface area contributed by atoms with Crippen LogP contribution >= 0.6 is 0 Å². The van der Waals surface area contributed by atoms with E-state index in [9.17, 15) is 9.59 Å². The third kappa shape index (κ3) is 3.95. The fourth-order valence-electron chi connectivity index (χ4n) is 0.576. The van der Waals surface area contributed by atoms with Crippen molar-refractivity contribution in [1.29, 1.82) is 0 Å². The van der Waals surface area contributed by atoms with Gasteiger partial charge in [0, 0.05) is 20.6 Å². The van der Waals surface area contributed by atoms with E-state index in [4.69, 9.17) is 0 Å². The van der Waals surface area contributed by atoms with Crippen LogP contribution < -0.4 is 5.32 Å². The average molecular weight is 172 g/mol. The summed E-state index contributed by atoms with van der Waals surface area (Å²) in [6.07, 6.45) is 0. The number of hydrogen-bond acceptors (Lipinski definition) is 2. The van der Waals surface area contributed by atoms with Crippen LogP contribution in [-0.2, 0) is 9.59 Å². The van der Waals surface area contributed by atoms with E-state index in [1.165, 1.54) is 4.90 Å². The maximum Gasteiger partial charge on any atom is 0.311 e. The molecule has 0 aliphatic rings. The van der Waals surface area contributed by atoms with Crippen molar-refractivity contribution < 1.29 is 9.59 Å². The lowest BCUT2D eigenvalue weighted by Gasteiger charge is -2.11. The second-order valence-electron chi connectivity index (χ2n) is 3.30. The Morgan fingerprint density at radius 3 is 2.17 bits per heavy atom. The number of nitrogens with one attached hydrogen (secondary N) is 1. The molecule has 0 aromatic heterocycles. The van der Waals surface area contributed by atoms with Crippen molar-refractivity contribution in [3.05, 3.63) is 0 Å². The van der Waals surface area contributed by atoms with Crippen LogP contribution in [0.3, 0.4) is 0 Å². The molecule has 0 atom stereocenters. The number of likely N-dealkylation sites (N-methyl/N-ethyl adjacent to an activating group) is 1. The van der Waals surface area contributed by atoms with Gasteiger partial charge >= 0.3 is 11.8 Å². The number of rotatable bonds is 2. The summed E-state index contributed by atoms with van der Waals surface area (Å²) in [6.45, 7) is 4.49. The van der Waals surface area contributed by atoms with Crippen LogP contribution in [0.4, 0.5) is 0 Å². The van der Waals surface area contributed by atoms with Gasteiger partial charge in [-0.25, -0.2) is 0 Å². The van der Waals surface area contributed by atoms with Gasteiger partial charge in [-0.3, -0.25) is 9.59 Å². The minimum absolute atomic E-state index is 0.365. The lowest BCUT2D eigenvalue weighted by Crippen LogP contribution is -2.40. The number of carbonyl (C=O) groups excluding carboxylic acids is 2. The van der Waals surface area contributed by atoms with Crippen LogP contribution in [0.1, 0.15) is 13.8 Å². The molecule has 1 N–H and O–H groups in total. The number of hydrogen-bond donors (Lipinski definition) is 1. The summed E-state index contributed by atoms with van der Waals surface area (Å²) < 4.78 is 0. The molecule has 0 saturated carbocycles. The molecule has 0 radical (unpaired) electrons. The first kappa shape index (κ1) is 10.9. The minimum atomic E-state index is -0.534. The van der Waals surface area contributed by atoms with Gasteiger partial charge in [0.25, 0.3) is 0 Å². The third-order valence-corrected chi connectivity index (χ3v) is 1.27. The van der Waals surface area contributed by atoms with Gasteiger partial charge in [0.1, 0.15) is 0 Å². The van der Waals surface area contributed by atoms with Crippen molar-refractivity contribution >= 4 is 11.8 Å². The Kier molecular flexibility index (Phi) is 4.33. The van der Waals surface area contributed by atoms with Crippen molar-refractivity contribution in [1.82, 2.24) is 10.2 Å². The van der Waals surface area contributed by atoms with Crippen LogP contribution in [0.5, 0.6) is 0 Å². The SMILES string of the molecule is CC(C)CNC(=O)C(=O)N(C)C. The summed E-state index contributed by atoms with van der Waals surface area (Å²) in [5.74, 6) is -0.673. The molecule has 0 heterocycles. The van der Waals surface area contributed by atoms with Crippen molar-refractivity contribution in [3.63, 3.8) is 0 Å². The molecular weight excluding hydrogens is 156 g/mol. The van der Waals surface area contributed by atoms with Crippen molar-refractivity contribution in [2.24, 2.45) is 5.92 Å². The first-order chi connectivity index (χ1) is 5.45. The summed E-state index contributed by atoms with van der Waals surface area (Å²) in [4.78, 5) is 23.2. The summed E-state index contributed by atoms with van der Waals surface area (Å²) in [5.41, 5.74) is 0. The lowest BCUT2D eigenvalue weighted by atomic mass is 10.2. The highest BCUT2D eigenvalue weighted by Gasteiger charge is 2.14. The van der Waals surface area contributed by atoms with Gasteiger partial charge in [-0.05, 0) is 5.92 Å². The first-order valence-corrected chi connectivity index (χ1v) is 3.94. The molecule has 0 aromatic carbocycles. The summed E-state index contributed by atoms with van der Waals surface area (Å²) in [7, 11) is 3.11. The van der Waals surface area contributed by atoms with E-state index in [-0.39, 0.29) is 0 Å². The summed E-state index contributed by atoms with van der Waals surface area (Å²) in [6, 6.07) is 0. The molecule has 0 aliphatic heterocycles. The molecule has 0 saturated heterocycles. The van der Waals surface area contributed by atoms with Crippen molar-refractivity contribution in [2.45, 2.75) is 13.8 Å². The molecule has 2 amide bonds. The highest BCUT2D eigenvalue weighted by Crippen LogP contribution is 1.87. The zero-order valence-electron chi connectivity index (χ0n) is 8.05. The van der Waals surface area contributed by atoms with E-state index in [1.807, 2.05) is 13.8 Å². The van der Waals surface area contributed by atoms with Gasteiger partial charge in [-0.1, -0.05) is 13.8 Å². The fraction of sp³-hybridized carbons (Fsp3) is 0.750. The summed E-state index contributed by atoms with van der Waals surface area (Å²) in [5, 5.41) is 2.53. The van der Waals surface area contributed by atoms with E-state index < -0.39 is 11.8 Å². The van der Waals surface area contributed by atoms with Crippen molar-refractivity contribution in [2.75, 3.05) is 20.6 Å². The second kappa shape index (κ2) is 4.74. The van der Waals surface area contributed by atoms with Crippen molar-refractivity contribution in [3.8, 4) is 0 Å². The molecule has 12 heavy (non-hydrogen) atoms. The molecule has 0 aromatic rings. The molecule has 0 spiro atoms. The molecule has 0 aliphatic carbocycles. The van der Waals surface area contributed by atoms with Gasteiger partial charge in [-0.15, -0.1) is 0 Å². The van der Waals surface area contributed by atoms with Gasteiger partial charge in [0.15, 0.2) is 0 Å².